The van der Waals surface area contributed by atoms with E-state index in [9.17, 15) is 9.59 Å². The standard InChI is InChI=1S/C23H30N4O2S/c28-22-17-7-1-2-8-18(17)23(29)27(22)12-6-5-11-25-13-15-26(16-14-25)21-19-9-3-4-10-20(19)30-24-21/h3-4,9-10,17-18H,1-2,5-8,11-16H2/t17-,18?/m0/s1. The van der Waals surface area contributed by atoms with Crippen LogP contribution in [-0.4, -0.2) is 65.3 Å². The molecule has 1 unspecified atom stereocenters. The topological polar surface area (TPSA) is 56.8 Å². The minimum Gasteiger partial charge on any atom is -0.353 e. The van der Waals surface area contributed by atoms with Crippen molar-refractivity contribution in [3.63, 3.8) is 0 Å². The molecule has 2 saturated heterocycles. The molecule has 0 radical (unpaired) electrons. The second-order valence-electron chi connectivity index (χ2n) is 8.86. The van der Waals surface area contributed by atoms with Crippen LogP contribution in [0.5, 0.6) is 0 Å². The normalized spacial score (nSPS) is 25.3. The highest BCUT2D eigenvalue weighted by atomic mass is 32.1. The molecular weight excluding hydrogens is 396 g/mol. The van der Waals surface area contributed by atoms with Crippen LogP contribution in [0.1, 0.15) is 38.5 Å². The number of benzene rings is 1. The van der Waals surface area contributed by atoms with E-state index in [1.807, 2.05) is 0 Å². The molecule has 1 aromatic heterocycles. The van der Waals surface area contributed by atoms with Gasteiger partial charge in [0.05, 0.1) is 16.5 Å². The number of hydrogen-bond donors (Lipinski definition) is 0. The number of likely N-dealkylation sites (tertiary alicyclic amines) is 1. The number of unbranched alkanes of at least 4 members (excludes halogenated alkanes) is 1. The Kier molecular flexibility index (Phi) is 5.74. The summed E-state index contributed by atoms with van der Waals surface area (Å²) in [5, 5.41) is 1.26. The van der Waals surface area contributed by atoms with Gasteiger partial charge in [-0.3, -0.25) is 19.4 Å². The number of carbonyl (C=O) groups excluding carboxylic acids is 2. The van der Waals surface area contributed by atoms with Crippen LogP contribution in [-0.2, 0) is 9.59 Å². The minimum absolute atomic E-state index is 0.0128. The van der Waals surface area contributed by atoms with Crippen molar-refractivity contribution in [2.24, 2.45) is 11.8 Å². The molecule has 2 amide bonds. The van der Waals surface area contributed by atoms with Crippen LogP contribution in [0, 0.1) is 11.8 Å². The van der Waals surface area contributed by atoms with Crippen molar-refractivity contribution in [2.75, 3.05) is 44.2 Å². The van der Waals surface area contributed by atoms with Crippen LogP contribution < -0.4 is 4.90 Å². The number of aromatic nitrogens is 1. The van der Waals surface area contributed by atoms with Crippen molar-refractivity contribution < 1.29 is 9.59 Å². The lowest BCUT2D eigenvalue weighted by Crippen LogP contribution is -2.46. The Labute approximate surface area is 182 Å². The Balaban J connectivity index is 1.06. The van der Waals surface area contributed by atoms with Gasteiger partial charge in [0, 0.05) is 38.1 Å². The zero-order valence-electron chi connectivity index (χ0n) is 17.5. The Morgan fingerprint density at radius 2 is 1.57 bits per heavy atom. The molecule has 1 aliphatic carbocycles. The lowest BCUT2D eigenvalue weighted by molar-refractivity contribution is -0.140. The highest BCUT2D eigenvalue weighted by Crippen LogP contribution is 2.38. The first-order valence-corrected chi connectivity index (χ1v) is 12.2. The lowest BCUT2D eigenvalue weighted by Gasteiger charge is -2.35. The molecule has 1 aromatic carbocycles. The van der Waals surface area contributed by atoms with Gasteiger partial charge in [-0.1, -0.05) is 25.0 Å². The third-order valence-electron chi connectivity index (χ3n) is 7.07. The van der Waals surface area contributed by atoms with Crippen molar-refractivity contribution in [2.45, 2.75) is 38.5 Å². The predicted octanol–water partition coefficient (Wildman–Crippen LogP) is 3.37. The summed E-state index contributed by atoms with van der Waals surface area (Å²) in [6, 6.07) is 8.45. The predicted molar refractivity (Wildman–Crippen MR) is 120 cm³/mol. The first-order valence-electron chi connectivity index (χ1n) is 11.4. The van der Waals surface area contributed by atoms with Gasteiger partial charge in [0.1, 0.15) is 5.82 Å². The number of piperazine rings is 1. The molecule has 1 saturated carbocycles. The SMILES string of the molecule is O=C1C2CCCC[C@@H]2C(=O)N1CCCCN1CCN(c2nsc3ccccc23)CC1. The molecule has 5 rings (SSSR count). The van der Waals surface area contributed by atoms with Gasteiger partial charge in [0.25, 0.3) is 0 Å². The molecule has 0 spiro atoms. The third kappa shape index (κ3) is 3.73. The maximum Gasteiger partial charge on any atom is 0.233 e. The van der Waals surface area contributed by atoms with Gasteiger partial charge in [-0.05, 0) is 55.9 Å². The number of fused-ring (bicyclic) bond motifs is 2. The van der Waals surface area contributed by atoms with E-state index in [1.165, 1.54) is 10.1 Å². The van der Waals surface area contributed by atoms with E-state index in [0.29, 0.717) is 6.54 Å². The molecular formula is C23H30N4O2S. The van der Waals surface area contributed by atoms with Gasteiger partial charge in [-0.15, -0.1) is 0 Å². The lowest BCUT2D eigenvalue weighted by atomic mass is 9.81. The Morgan fingerprint density at radius 1 is 0.900 bits per heavy atom. The average molecular weight is 427 g/mol. The number of anilines is 1. The Morgan fingerprint density at radius 3 is 2.30 bits per heavy atom. The average Bonchev–Trinajstić information content (AvgIpc) is 3.32. The number of carbonyl (C=O) groups is 2. The van der Waals surface area contributed by atoms with Crippen LogP contribution in [0.15, 0.2) is 24.3 Å². The molecule has 2 aliphatic heterocycles. The minimum atomic E-state index is -0.0128. The van der Waals surface area contributed by atoms with E-state index in [1.54, 1.807) is 16.4 Å². The number of imide groups is 1. The fourth-order valence-electron chi connectivity index (χ4n) is 5.34. The molecule has 30 heavy (non-hydrogen) atoms. The fraction of sp³-hybridized carbons (Fsp3) is 0.609. The van der Waals surface area contributed by atoms with E-state index in [-0.39, 0.29) is 23.7 Å². The van der Waals surface area contributed by atoms with Crippen molar-refractivity contribution in [1.29, 1.82) is 0 Å². The van der Waals surface area contributed by atoms with Gasteiger partial charge >= 0.3 is 0 Å². The van der Waals surface area contributed by atoms with Crippen molar-refractivity contribution >= 4 is 39.3 Å². The van der Waals surface area contributed by atoms with E-state index in [4.69, 9.17) is 0 Å². The molecule has 7 heteroatoms. The van der Waals surface area contributed by atoms with Gasteiger partial charge in [-0.25, -0.2) is 0 Å². The smallest absolute Gasteiger partial charge is 0.233 e. The van der Waals surface area contributed by atoms with Crippen LogP contribution in [0.3, 0.4) is 0 Å². The fourth-order valence-corrected chi connectivity index (χ4v) is 6.14. The molecule has 3 heterocycles. The Hall–Kier alpha value is -1.99. The molecule has 2 atom stereocenters. The first kappa shape index (κ1) is 19.9. The second-order valence-corrected chi connectivity index (χ2v) is 9.67. The zero-order valence-corrected chi connectivity index (χ0v) is 18.3. The van der Waals surface area contributed by atoms with Gasteiger partial charge in [-0.2, -0.15) is 4.37 Å². The summed E-state index contributed by atoms with van der Waals surface area (Å²) in [4.78, 5) is 31.6. The first-order chi connectivity index (χ1) is 14.7. The van der Waals surface area contributed by atoms with Crippen LogP contribution in [0.25, 0.3) is 10.1 Å². The molecule has 0 N–H and O–H groups in total. The summed E-state index contributed by atoms with van der Waals surface area (Å²) in [6.07, 6.45) is 5.95. The highest BCUT2D eigenvalue weighted by molar-refractivity contribution is 7.13. The maximum atomic E-state index is 12.6. The number of nitrogens with zero attached hydrogens (tertiary/aromatic N) is 4. The molecule has 2 aromatic rings. The van der Waals surface area contributed by atoms with Crippen molar-refractivity contribution in [1.82, 2.24) is 14.2 Å². The summed E-state index contributed by atoms with van der Waals surface area (Å²) < 4.78 is 5.94. The largest absolute Gasteiger partial charge is 0.353 e. The molecule has 3 aliphatic rings. The van der Waals surface area contributed by atoms with Gasteiger partial charge in [0.15, 0.2) is 0 Å². The summed E-state index contributed by atoms with van der Waals surface area (Å²) in [5.74, 6) is 1.31. The molecule has 3 fully saturated rings. The van der Waals surface area contributed by atoms with Crippen molar-refractivity contribution in [3.8, 4) is 0 Å². The summed E-state index contributed by atoms with van der Waals surface area (Å²) >= 11 is 1.58. The van der Waals surface area contributed by atoms with Gasteiger partial charge in [0.2, 0.25) is 11.8 Å². The van der Waals surface area contributed by atoms with Crippen LogP contribution in [0.2, 0.25) is 0 Å². The zero-order chi connectivity index (χ0) is 20.5. The van der Waals surface area contributed by atoms with Crippen molar-refractivity contribution in [3.05, 3.63) is 24.3 Å². The summed E-state index contributed by atoms with van der Waals surface area (Å²) in [7, 11) is 0. The second kappa shape index (κ2) is 8.63. The van der Waals surface area contributed by atoms with Crippen LogP contribution >= 0.6 is 11.5 Å². The van der Waals surface area contributed by atoms with Gasteiger partial charge < -0.3 is 4.90 Å². The third-order valence-corrected chi connectivity index (χ3v) is 7.89. The van der Waals surface area contributed by atoms with E-state index >= 15 is 0 Å². The molecule has 6 nitrogen and oxygen atoms in total. The molecule has 0 bridgehead atoms. The maximum absolute atomic E-state index is 12.6. The van der Waals surface area contributed by atoms with E-state index in [2.05, 4.69) is 38.4 Å². The Bertz CT molecular complexity index is 897. The van der Waals surface area contributed by atoms with E-state index in [0.717, 1.165) is 77.1 Å². The number of amides is 2. The summed E-state index contributed by atoms with van der Waals surface area (Å²) in [5.41, 5.74) is 0. The quantitative estimate of drug-likeness (QED) is 0.524. The van der Waals surface area contributed by atoms with E-state index < -0.39 is 0 Å². The monoisotopic (exact) mass is 426 g/mol. The molecule has 160 valence electrons. The highest BCUT2D eigenvalue weighted by Gasteiger charge is 2.47. The van der Waals surface area contributed by atoms with Crippen LogP contribution in [0.4, 0.5) is 5.82 Å². The number of rotatable bonds is 6. The summed E-state index contributed by atoms with van der Waals surface area (Å²) in [6.45, 7) is 5.72. The number of hydrogen-bond acceptors (Lipinski definition) is 6.